The van der Waals surface area contributed by atoms with Crippen molar-refractivity contribution in [2.24, 2.45) is 0 Å². The number of nitrogens with zero attached hydrogens (tertiary/aromatic N) is 3. The summed E-state index contributed by atoms with van der Waals surface area (Å²) in [7, 11) is 0. The van der Waals surface area contributed by atoms with E-state index in [0.717, 1.165) is 18.5 Å². The minimum absolute atomic E-state index is 0.380. The van der Waals surface area contributed by atoms with Gasteiger partial charge in [-0.3, -0.25) is 4.40 Å². The normalized spacial score (nSPS) is 18.2. The summed E-state index contributed by atoms with van der Waals surface area (Å²) in [4.78, 5) is 11.8. The molecule has 0 amide bonds. The molecule has 1 saturated carbocycles. The second-order valence-electron chi connectivity index (χ2n) is 6.76. The minimum Gasteiger partial charge on any atom is -0.383 e. The van der Waals surface area contributed by atoms with Crippen LogP contribution in [-0.2, 0) is 6.42 Å². The van der Waals surface area contributed by atoms with E-state index < -0.39 is 18.7 Å². The number of nitrogens with one attached hydrogen (secondary N) is 1. The highest BCUT2D eigenvalue weighted by Crippen LogP contribution is 2.33. The number of alkyl halides is 3. The predicted molar refractivity (Wildman–Crippen MR) is 86.4 cm³/mol. The molecule has 25 heavy (non-hydrogen) atoms. The van der Waals surface area contributed by atoms with E-state index in [1.165, 1.54) is 25.5 Å². The second kappa shape index (κ2) is 6.01. The monoisotopic (exact) mass is 352 g/mol. The molecule has 0 radical (unpaired) electrons. The zero-order chi connectivity index (χ0) is 17.6. The average molecular weight is 352 g/mol. The molecular formula is C17H19F3N4O. The van der Waals surface area contributed by atoms with Gasteiger partial charge in [-0.15, -0.1) is 0 Å². The van der Waals surface area contributed by atoms with Gasteiger partial charge in [0.05, 0.1) is 17.4 Å². The van der Waals surface area contributed by atoms with Gasteiger partial charge in [-0.1, -0.05) is 19.3 Å². The van der Waals surface area contributed by atoms with Crippen LogP contribution >= 0.6 is 0 Å². The first kappa shape index (κ1) is 16.4. The van der Waals surface area contributed by atoms with Gasteiger partial charge in [-0.25, -0.2) is 9.97 Å². The van der Waals surface area contributed by atoms with Crippen molar-refractivity contribution in [1.82, 2.24) is 19.4 Å². The lowest BCUT2D eigenvalue weighted by Gasteiger charge is -2.19. The summed E-state index contributed by atoms with van der Waals surface area (Å²) in [6.07, 6.45) is 3.23. The van der Waals surface area contributed by atoms with E-state index in [1.807, 2.05) is 6.20 Å². The maximum Gasteiger partial charge on any atom is 0.414 e. The number of rotatable bonds is 3. The molecule has 5 nitrogen and oxygen atoms in total. The van der Waals surface area contributed by atoms with Gasteiger partial charge in [0.2, 0.25) is 0 Å². The van der Waals surface area contributed by atoms with Crippen LogP contribution in [-0.4, -0.2) is 36.7 Å². The number of fused-ring (bicyclic) bond motifs is 3. The highest BCUT2D eigenvalue weighted by atomic mass is 19.4. The molecule has 8 heteroatoms. The van der Waals surface area contributed by atoms with E-state index in [1.54, 1.807) is 10.6 Å². The zero-order valence-corrected chi connectivity index (χ0v) is 13.6. The topological polar surface area (TPSA) is 66.2 Å². The molecule has 3 heterocycles. The fourth-order valence-corrected chi connectivity index (χ4v) is 3.69. The Morgan fingerprint density at radius 1 is 1.28 bits per heavy atom. The fraction of sp³-hybridized carbons (Fsp3) is 0.529. The molecule has 0 saturated heterocycles. The van der Waals surface area contributed by atoms with Crippen molar-refractivity contribution in [1.29, 1.82) is 0 Å². The smallest absolute Gasteiger partial charge is 0.383 e. The van der Waals surface area contributed by atoms with Gasteiger partial charge in [0, 0.05) is 24.7 Å². The molecule has 1 aliphatic carbocycles. The second-order valence-corrected chi connectivity index (χ2v) is 6.76. The fourth-order valence-electron chi connectivity index (χ4n) is 3.69. The molecule has 1 aliphatic rings. The molecular weight excluding hydrogens is 333 g/mol. The lowest BCUT2D eigenvalue weighted by atomic mass is 9.87. The number of hydrogen-bond acceptors (Lipinski definition) is 3. The molecule has 0 spiro atoms. The number of aromatic amines is 1. The first-order chi connectivity index (χ1) is 11.9. The van der Waals surface area contributed by atoms with Gasteiger partial charge in [-0.2, -0.15) is 13.2 Å². The summed E-state index contributed by atoms with van der Waals surface area (Å²) in [5.41, 5.74) is 3.01. The Hall–Kier alpha value is -2.09. The number of hydrogen-bond donors (Lipinski definition) is 2. The van der Waals surface area contributed by atoms with Crippen molar-refractivity contribution in [3.05, 3.63) is 29.8 Å². The first-order valence-electron chi connectivity index (χ1n) is 8.52. The average Bonchev–Trinajstić information content (AvgIpc) is 3.18. The van der Waals surface area contributed by atoms with Crippen molar-refractivity contribution in [2.45, 2.75) is 56.7 Å². The Bertz CT molecular complexity index is 892. The van der Waals surface area contributed by atoms with Gasteiger partial charge in [0.15, 0.2) is 17.4 Å². The van der Waals surface area contributed by atoms with Crippen LogP contribution in [0.15, 0.2) is 18.6 Å². The van der Waals surface area contributed by atoms with Gasteiger partial charge in [-0.05, 0) is 18.4 Å². The third-order valence-electron chi connectivity index (χ3n) is 5.03. The summed E-state index contributed by atoms with van der Waals surface area (Å²) in [5.74, 6) is 0.395. The number of aliphatic hydroxyl groups is 1. The van der Waals surface area contributed by atoms with Crippen LogP contribution in [0.1, 0.15) is 49.3 Å². The number of halogens is 3. The molecule has 0 bridgehead atoms. The highest BCUT2D eigenvalue weighted by Gasteiger charge is 2.38. The summed E-state index contributed by atoms with van der Waals surface area (Å²) >= 11 is 0. The van der Waals surface area contributed by atoms with Crippen LogP contribution in [0, 0.1) is 0 Å². The SMILES string of the molecule is OC(Cc1c[nH]c2ncc3nc(C4CCCCC4)cn3c12)C(F)(F)F. The van der Waals surface area contributed by atoms with E-state index in [0.29, 0.717) is 28.3 Å². The van der Waals surface area contributed by atoms with Crippen LogP contribution in [0.4, 0.5) is 13.2 Å². The molecule has 0 aliphatic heterocycles. The summed E-state index contributed by atoms with van der Waals surface area (Å²) in [6.45, 7) is 0. The van der Waals surface area contributed by atoms with Gasteiger partial charge < -0.3 is 10.1 Å². The first-order valence-corrected chi connectivity index (χ1v) is 8.52. The molecule has 3 aromatic heterocycles. The minimum atomic E-state index is -4.65. The van der Waals surface area contributed by atoms with Crippen molar-refractivity contribution >= 4 is 16.8 Å². The maximum atomic E-state index is 12.7. The van der Waals surface area contributed by atoms with Crippen LogP contribution in [0.25, 0.3) is 16.8 Å². The Labute approximate surface area is 141 Å². The maximum absolute atomic E-state index is 12.7. The van der Waals surface area contributed by atoms with E-state index in [9.17, 15) is 18.3 Å². The van der Waals surface area contributed by atoms with E-state index in [-0.39, 0.29) is 0 Å². The molecule has 1 atom stereocenters. The summed E-state index contributed by atoms with van der Waals surface area (Å²) in [6, 6.07) is 0. The molecule has 2 N–H and O–H groups in total. The summed E-state index contributed by atoms with van der Waals surface area (Å²) < 4.78 is 39.9. The third kappa shape index (κ3) is 2.99. The molecule has 134 valence electrons. The molecule has 3 aromatic rings. The standard InChI is InChI=1S/C17H19F3N4O/c18-17(19,20)13(25)6-11-7-21-16-15(11)24-9-12(23-14(24)8-22-16)10-4-2-1-3-5-10/h7-10,13,21,25H,1-6H2. The lowest BCUT2D eigenvalue weighted by Crippen LogP contribution is -2.30. The number of aromatic nitrogens is 4. The van der Waals surface area contributed by atoms with Gasteiger partial charge >= 0.3 is 6.18 Å². The largest absolute Gasteiger partial charge is 0.414 e. The van der Waals surface area contributed by atoms with Crippen molar-refractivity contribution in [3.63, 3.8) is 0 Å². The Morgan fingerprint density at radius 2 is 2.04 bits per heavy atom. The van der Waals surface area contributed by atoms with Crippen molar-refractivity contribution in [2.75, 3.05) is 0 Å². The van der Waals surface area contributed by atoms with Gasteiger partial charge in [0.25, 0.3) is 0 Å². The number of aliphatic hydroxyl groups excluding tert-OH is 1. The third-order valence-corrected chi connectivity index (χ3v) is 5.03. The van der Waals surface area contributed by atoms with E-state index >= 15 is 0 Å². The zero-order valence-electron chi connectivity index (χ0n) is 13.6. The quantitative estimate of drug-likeness (QED) is 0.755. The Balaban J connectivity index is 1.76. The lowest BCUT2D eigenvalue weighted by molar-refractivity contribution is -0.202. The van der Waals surface area contributed by atoms with E-state index in [2.05, 4.69) is 15.0 Å². The predicted octanol–water partition coefficient (Wildman–Crippen LogP) is 3.72. The molecule has 1 unspecified atom stereocenters. The van der Waals surface area contributed by atoms with Crippen LogP contribution in [0.2, 0.25) is 0 Å². The molecule has 4 rings (SSSR count). The number of imidazole rings is 1. The van der Waals surface area contributed by atoms with Gasteiger partial charge in [0.1, 0.15) is 0 Å². The highest BCUT2D eigenvalue weighted by molar-refractivity contribution is 5.78. The molecule has 1 fully saturated rings. The van der Waals surface area contributed by atoms with Crippen LogP contribution in [0.3, 0.4) is 0 Å². The Morgan fingerprint density at radius 3 is 2.76 bits per heavy atom. The molecule has 0 aromatic carbocycles. The van der Waals surface area contributed by atoms with Crippen molar-refractivity contribution in [3.8, 4) is 0 Å². The van der Waals surface area contributed by atoms with Crippen LogP contribution < -0.4 is 0 Å². The number of H-pyrrole nitrogens is 1. The van der Waals surface area contributed by atoms with Crippen LogP contribution in [0.5, 0.6) is 0 Å². The Kier molecular flexibility index (Phi) is 3.94. The summed E-state index contributed by atoms with van der Waals surface area (Å²) in [5, 5.41) is 9.41. The van der Waals surface area contributed by atoms with Crippen molar-refractivity contribution < 1.29 is 18.3 Å². The van der Waals surface area contributed by atoms with E-state index in [4.69, 9.17) is 0 Å².